The number of halogens is 3. The van der Waals surface area contributed by atoms with Crippen LogP contribution in [-0.4, -0.2) is 136 Å². The molecule has 7 heterocycles. The number of carbonyl (C=O) groups excluding carboxylic acids is 2. The van der Waals surface area contributed by atoms with Gasteiger partial charge in [-0.2, -0.15) is 9.78 Å². The highest BCUT2D eigenvalue weighted by Crippen LogP contribution is 2.29. The molecule has 2 aliphatic rings. The Morgan fingerprint density at radius 1 is 0.845 bits per heavy atom. The lowest BCUT2D eigenvalue weighted by Gasteiger charge is -2.19. The standard InChI is InChI=1S/C16H16ClN5O2.C15H14N4.C10H8BrNO.C9H5BrO2S.C6H15NO2.C4H9NO/c1-16(2,3)24-15(23)22-12-5-4-11(8-10(12)9-19-22)20-13-6-7-18-14(17)21-13;1-11-17-9-7-15(18-11)19-14-4-2-12(3-5-14)13-6-8-16-10-13;1-6(13)9-4-7-2-3-8(11)5-10(7)12-9;10-6-2-1-5-3-8(9(11)12)13-7(5)4-6;1-8-5-3-7-4-6-9-2;5-4-1-2-6-3-4/h4-9H,1-3H3,(H,18,20,21);2-7,9-10H,8H2,1H3,(H,17,18,19);2-5,12H,1H3;1-4H,(H,11,12);7H,3-6H2,1-2H3;4H,1-3,5H2. The van der Waals surface area contributed by atoms with Crippen LogP contribution in [0.1, 0.15) is 65.7 Å². The molecule has 11 rings (SSSR count). The van der Waals surface area contributed by atoms with E-state index in [1.165, 1.54) is 27.2 Å². The quantitative estimate of drug-likeness (QED) is 0.0356. The summed E-state index contributed by atoms with van der Waals surface area (Å²) < 4.78 is 24.1. The summed E-state index contributed by atoms with van der Waals surface area (Å²) in [6, 6.07) is 32.8. The molecule has 0 spiro atoms. The van der Waals surface area contributed by atoms with Crippen molar-refractivity contribution < 1.29 is 38.4 Å². The lowest BCUT2D eigenvalue weighted by molar-refractivity contribution is 0.0522. The van der Waals surface area contributed by atoms with Gasteiger partial charge < -0.3 is 50.7 Å². The maximum atomic E-state index is 12.2. The molecule has 20 nitrogen and oxygen atoms in total. The number of rotatable bonds is 13. The van der Waals surface area contributed by atoms with Crippen molar-refractivity contribution in [3.8, 4) is 0 Å². The minimum atomic E-state index is -0.864. The van der Waals surface area contributed by atoms with Crippen molar-refractivity contribution in [2.45, 2.75) is 52.7 Å². The number of nitrogens with one attached hydrogen (secondary N) is 4. The molecule has 5 aromatic heterocycles. The summed E-state index contributed by atoms with van der Waals surface area (Å²) in [4.78, 5) is 57.8. The fourth-order valence-corrected chi connectivity index (χ4v) is 9.47. The number of carbonyl (C=O) groups is 3. The van der Waals surface area contributed by atoms with Gasteiger partial charge in [0.05, 0.1) is 43.8 Å². The largest absolute Gasteiger partial charge is 0.477 e. The van der Waals surface area contributed by atoms with Gasteiger partial charge in [0, 0.05) is 107 Å². The number of allylic oxidation sites excluding steroid dienone is 1. The molecule has 0 bridgehead atoms. The molecule has 0 radical (unpaired) electrons. The van der Waals surface area contributed by atoms with E-state index >= 15 is 0 Å². The van der Waals surface area contributed by atoms with Crippen molar-refractivity contribution in [2.75, 3.05) is 70.9 Å². The van der Waals surface area contributed by atoms with Gasteiger partial charge in [-0.3, -0.25) is 9.79 Å². The van der Waals surface area contributed by atoms with Crippen LogP contribution in [0.3, 0.4) is 0 Å². The number of nitrogens with two attached hydrogens (primary N) is 1. The third-order valence-electron chi connectivity index (χ3n) is 11.5. The highest BCUT2D eigenvalue weighted by molar-refractivity contribution is 9.10. The smallest absolute Gasteiger partial charge is 0.435 e. The first-order valence-corrected chi connectivity index (χ1v) is 29.1. The zero-order valence-corrected chi connectivity index (χ0v) is 52.2. The Hall–Kier alpha value is -7.32. The minimum Gasteiger partial charge on any atom is -0.477 e. The summed E-state index contributed by atoms with van der Waals surface area (Å²) >= 11 is 13.8. The number of aliphatic imine (C=N–C) groups is 1. The van der Waals surface area contributed by atoms with E-state index in [4.69, 9.17) is 41.4 Å². The fraction of sp³-hybridized carbons (Fsp3) is 0.283. The highest BCUT2D eigenvalue weighted by Gasteiger charge is 2.20. The number of ether oxygens (including phenoxy) is 4. The van der Waals surface area contributed by atoms with Gasteiger partial charge in [-0.15, -0.1) is 11.3 Å². The number of methoxy groups -OCH3 is 2. The van der Waals surface area contributed by atoms with Crippen LogP contribution in [-0.2, 0) is 18.9 Å². The van der Waals surface area contributed by atoms with Crippen molar-refractivity contribution in [3.63, 3.8) is 0 Å². The molecule has 84 heavy (non-hydrogen) atoms. The number of hydrogen-bond acceptors (Lipinski definition) is 18. The van der Waals surface area contributed by atoms with Crippen LogP contribution in [0.15, 0.2) is 142 Å². The van der Waals surface area contributed by atoms with Crippen LogP contribution in [0.25, 0.3) is 37.5 Å². The van der Waals surface area contributed by atoms with E-state index in [1.54, 1.807) is 57.9 Å². The van der Waals surface area contributed by atoms with Crippen LogP contribution >= 0.6 is 54.8 Å². The van der Waals surface area contributed by atoms with Gasteiger partial charge in [0.2, 0.25) is 5.28 Å². The Morgan fingerprint density at radius 2 is 1.51 bits per heavy atom. The molecule has 1 unspecified atom stereocenters. The average Bonchev–Trinajstić information content (AvgIpc) is 4.02. The number of carboxylic acid groups (broad SMARTS) is 1. The Labute approximate surface area is 512 Å². The normalized spacial score (nSPS) is 13.1. The summed E-state index contributed by atoms with van der Waals surface area (Å²) in [5.74, 6) is 1.34. The van der Waals surface area contributed by atoms with Gasteiger partial charge >= 0.3 is 12.1 Å². The number of hydrogen-bond donors (Lipinski definition) is 6. The predicted octanol–water partition coefficient (Wildman–Crippen LogP) is 13.1. The summed E-state index contributed by atoms with van der Waals surface area (Å²) in [6.07, 6.45) is 9.49. The molecular weight excluding hydrogens is 1240 g/mol. The number of aryl methyl sites for hydroxylation is 1. The lowest BCUT2D eigenvalue weighted by Crippen LogP contribution is -2.27. The monoisotopic (exact) mass is 1310 g/mol. The first-order chi connectivity index (χ1) is 40.3. The van der Waals surface area contributed by atoms with Gasteiger partial charge in [0.15, 0.2) is 5.78 Å². The number of aromatic amines is 1. The maximum Gasteiger partial charge on any atom is 0.435 e. The molecular formula is C60H67Br2ClN12O8S. The van der Waals surface area contributed by atoms with E-state index in [0.717, 1.165) is 111 Å². The minimum absolute atomic E-state index is 0.0623. The zero-order chi connectivity index (χ0) is 60.6. The fourth-order valence-electron chi connectivity index (χ4n) is 7.51. The topological polar surface area (TPSA) is 268 Å². The number of fused-ring (bicyclic) bond motifs is 3. The van der Waals surface area contributed by atoms with Crippen molar-refractivity contribution in [3.05, 3.63) is 164 Å². The first kappa shape index (κ1) is 65.8. The van der Waals surface area contributed by atoms with Crippen LogP contribution in [0.4, 0.5) is 27.8 Å². The van der Waals surface area contributed by atoms with E-state index in [9.17, 15) is 14.4 Å². The number of nitrogens with zero attached hydrogens (tertiary/aromatic N) is 7. The van der Waals surface area contributed by atoms with E-state index in [2.05, 4.69) is 101 Å². The zero-order valence-electron chi connectivity index (χ0n) is 47.5. The Bertz CT molecular complexity index is 3560. The molecule has 0 saturated carbocycles. The Kier molecular flexibility index (Phi) is 26.1. The van der Waals surface area contributed by atoms with Gasteiger partial charge in [0.25, 0.3) is 0 Å². The lowest BCUT2D eigenvalue weighted by atomic mass is 10.1. The molecule has 442 valence electrons. The third-order valence-corrected chi connectivity index (χ3v) is 13.8. The number of Topliss-reactive ketones (excluding diaryl/α,β-unsaturated/α-hetero) is 1. The number of aromatic nitrogens is 7. The summed E-state index contributed by atoms with van der Waals surface area (Å²) in [5.41, 5.74) is 11.3. The van der Waals surface area contributed by atoms with Crippen LogP contribution in [0, 0.1) is 6.92 Å². The first-order valence-electron chi connectivity index (χ1n) is 26.3. The number of benzene rings is 4. The third kappa shape index (κ3) is 22.0. The van der Waals surface area contributed by atoms with Crippen molar-refractivity contribution in [1.82, 2.24) is 40.0 Å². The molecule has 24 heteroatoms. The van der Waals surface area contributed by atoms with Crippen LogP contribution in [0.2, 0.25) is 5.28 Å². The van der Waals surface area contributed by atoms with Gasteiger partial charge in [0.1, 0.15) is 27.9 Å². The Balaban J connectivity index is 0.000000170. The summed E-state index contributed by atoms with van der Waals surface area (Å²) in [6.45, 7) is 14.6. The number of H-pyrrole nitrogens is 1. The average molecular weight is 1310 g/mol. The number of thiophene rings is 1. The maximum absolute atomic E-state index is 12.2. The van der Waals surface area contributed by atoms with Crippen LogP contribution < -0.4 is 21.7 Å². The second-order valence-corrected chi connectivity index (χ2v) is 22.7. The molecule has 1 saturated heterocycles. The number of anilines is 4. The van der Waals surface area contributed by atoms with Gasteiger partial charge in [-0.05, 0) is 141 Å². The second kappa shape index (κ2) is 33.2. The van der Waals surface area contributed by atoms with Crippen molar-refractivity contribution >= 4 is 139 Å². The SMILES string of the molecule is CC(=O)c1cc2ccc(Br)cc2[nH]1.CC(C)(C)OC(=O)n1ncc2cc(Nc3ccnc(Cl)n3)ccc21.COCCNCCOC.Cc1nccc(Nc2ccc(C3=CCN=C3)cc2)n1.NC1CCOC1.O=C(O)c1cc2ccc(Br)cc2s1. The summed E-state index contributed by atoms with van der Waals surface area (Å²) in [7, 11) is 3.38. The predicted molar refractivity (Wildman–Crippen MR) is 342 cm³/mol. The molecule has 1 fully saturated rings. The Morgan fingerprint density at radius 3 is 2.11 bits per heavy atom. The van der Waals surface area contributed by atoms with Gasteiger partial charge in [-0.1, -0.05) is 62.2 Å². The molecule has 7 N–H and O–H groups in total. The molecule has 9 aromatic rings. The van der Waals surface area contributed by atoms with Gasteiger partial charge in [-0.25, -0.2) is 29.5 Å². The van der Waals surface area contributed by atoms with E-state index in [0.29, 0.717) is 27.9 Å². The number of carboxylic acids is 1. The number of ketones is 1. The summed E-state index contributed by atoms with van der Waals surface area (Å²) in [5, 5.41) is 25.4. The molecule has 2 aliphatic heterocycles. The number of aromatic carboxylic acids is 1. The van der Waals surface area contributed by atoms with Crippen LogP contribution in [0.5, 0.6) is 0 Å². The molecule has 4 aromatic carbocycles. The van der Waals surface area contributed by atoms with E-state index in [1.807, 2.05) is 107 Å². The molecule has 0 aliphatic carbocycles. The molecule has 1 atom stereocenters. The van der Waals surface area contributed by atoms with E-state index < -0.39 is 17.7 Å². The molecule has 0 amide bonds. The second-order valence-electron chi connectivity index (χ2n) is 19.4. The van der Waals surface area contributed by atoms with E-state index in [-0.39, 0.29) is 11.1 Å². The van der Waals surface area contributed by atoms with Crippen molar-refractivity contribution in [2.24, 2.45) is 10.7 Å². The highest BCUT2D eigenvalue weighted by atomic mass is 79.9. The van der Waals surface area contributed by atoms with Crippen molar-refractivity contribution in [1.29, 1.82) is 0 Å².